The van der Waals surface area contributed by atoms with E-state index in [1.807, 2.05) is 0 Å². The largest absolute Gasteiger partial charge is 0.487 e. The van der Waals surface area contributed by atoms with Crippen LogP contribution >= 0.6 is 12.4 Å². The second-order valence-corrected chi connectivity index (χ2v) is 7.69. The second kappa shape index (κ2) is 9.92. The van der Waals surface area contributed by atoms with Crippen LogP contribution in [0, 0.1) is 11.6 Å². The van der Waals surface area contributed by atoms with Crippen LogP contribution in [0.5, 0.6) is 11.5 Å². The Morgan fingerprint density at radius 3 is 1.70 bits per heavy atom. The van der Waals surface area contributed by atoms with Crippen molar-refractivity contribution in [3.8, 4) is 11.5 Å². The van der Waals surface area contributed by atoms with Crippen molar-refractivity contribution in [1.29, 1.82) is 0 Å². The van der Waals surface area contributed by atoms with Gasteiger partial charge in [0.2, 0.25) is 0 Å². The molecule has 5 nitrogen and oxygen atoms in total. The van der Waals surface area contributed by atoms with Crippen LogP contribution < -0.4 is 14.8 Å². The van der Waals surface area contributed by atoms with E-state index in [0.717, 1.165) is 11.1 Å². The number of ether oxygens (including phenoxy) is 2. The molecule has 2 aromatic carbocycles. The van der Waals surface area contributed by atoms with E-state index < -0.39 is 12.2 Å². The summed E-state index contributed by atoms with van der Waals surface area (Å²) in [6.07, 6.45) is 0.214. The lowest BCUT2D eigenvalue weighted by molar-refractivity contribution is 0.00892. The highest BCUT2D eigenvalue weighted by Crippen LogP contribution is 2.30. The van der Waals surface area contributed by atoms with Crippen LogP contribution in [-0.4, -0.2) is 47.7 Å². The first kappa shape index (κ1) is 22.7. The van der Waals surface area contributed by atoms with Gasteiger partial charge in [0.05, 0.1) is 0 Å². The van der Waals surface area contributed by atoms with E-state index in [4.69, 9.17) is 9.47 Å². The van der Waals surface area contributed by atoms with Crippen molar-refractivity contribution in [2.24, 2.45) is 0 Å². The van der Waals surface area contributed by atoms with E-state index in [0.29, 0.717) is 37.2 Å². The standard InChI is InChI=1S/C22H25F2NO4.ClH/c23-15-3-7-19-13(9-15)1-5-21(28-19)17(26)11-25-12-18(27)22-6-2-14-10-16(24)4-8-20(14)29-22;/h3-4,7-10,17-18,21-22,25-27H,1-2,5-6,11-12H2;1H/t17-,18-,21+,22+;/m1./s1. The van der Waals surface area contributed by atoms with Crippen LogP contribution in [0.3, 0.4) is 0 Å². The predicted octanol–water partition coefficient (Wildman–Crippen LogP) is 2.79. The number of aliphatic hydroxyl groups is 2. The maximum Gasteiger partial charge on any atom is 0.126 e. The second-order valence-electron chi connectivity index (χ2n) is 7.69. The van der Waals surface area contributed by atoms with Gasteiger partial charge >= 0.3 is 0 Å². The molecule has 0 aliphatic carbocycles. The zero-order chi connectivity index (χ0) is 20.4. The third kappa shape index (κ3) is 5.21. The van der Waals surface area contributed by atoms with Crippen molar-refractivity contribution >= 4 is 12.4 Å². The molecule has 4 atom stereocenters. The highest BCUT2D eigenvalue weighted by Gasteiger charge is 2.29. The van der Waals surface area contributed by atoms with Crippen molar-refractivity contribution in [2.75, 3.05) is 13.1 Å². The highest BCUT2D eigenvalue weighted by molar-refractivity contribution is 5.85. The number of rotatable bonds is 6. The van der Waals surface area contributed by atoms with Gasteiger partial charge in [0.15, 0.2) is 0 Å². The molecule has 0 spiro atoms. The van der Waals surface area contributed by atoms with Crippen LogP contribution in [-0.2, 0) is 12.8 Å². The first-order valence-electron chi connectivity index (χ1n) is 9.96. The van der Waals surface area contributed by atoms with Gasteiger partial charge in [-0.15, -0.1) is 12.4 Å². The molecule has 0 saturated carbocycles. The molecule has 2 aliphatic rings. The zero-order valence-corrected chi connectivity index (χ0v) is 17.2. The van der Waals surface area contributed by atoms with Gasteiger partial charge in [-0.25, -0.2) is 8.78 Å². The van der Waals surface area contributed by atoms with Gasteiger partial charge in [-0.1, -0.05) is 0 Å². The van der Waals surface area contributed by atoms with Crippen molar-refractivity contribution in [1.82, 2.24) is 5.32 Å². The van der Waals surface area contributed by atoms with E-state index >= 15 is 0 Å². The summed E-state index contributed by atoms with van der Waals surface area (Å²) >= 11 is 0. The van der Waals surface area contributed by atoms with Crippen LogP contribution in [0.15, 0.2) is 36.4 Å². The summed E-state index contributed by atoms with van der Waals surface area (Å²) in [5, 5.41) is 23.9. The summed E-state index contributed by atoms with van der Waals surface area (Å²) in [4.78, 5) is 0. The van der Waals surface area contributed by atoms with Gasteiger partial charge in [-0.3, -0.25) is 0 Å². The van der Waals surface area contributed by atoms with E-state index in [2.05, 4.69) is 5.32 Å². The molecule has 30 heavy (non-hydrogen) atoms. The summed E-state index contributed by atoms with van der Waals surface area (Å²) in [6.45, 7) is 0.513. The van der Waals surface area contributed by atoms with E-state index in [9.17, 15) is 19.0 Å². The maximum atomic E-state index is 13.3. The number of hydrogen-bond donors (Lipinski definition) is 3. The van der Waals surface area contributed by atoms with Crippen LogP contribution in [0.4, 0.5) is 8.78 Å². The molecule has 0 amide bonds. The molecule has 0 bridgehead atoms. The summed E-state index contributed by atoms with van der Waals surface area (Å²) in [7, 11) is 0. The average molecular weight is 442 g/mol. The van der Waals surface area contributed by atoms with Crippen molar-refractivity contribution < 1.29 is 28.5 Å². The van der Waals surface area contributed by atoms with E-state index in [-0.39, 0.29) is 49.3 Å². The Labute approximate surface area is 180 Å². The first-order valence-corrected chi connectivity index (χ1v) is 9.96. The fraction of sp³-hybridized carbons (Fsp3) is 0.455. The minimum Gasteiger partial charge on any atom is -0.487 e. The van der Waals surface area contributed by atoms with Crippen molar-refractivity contribution in [2.45, 2.75) is 50.1 Å². The van der Waals surface area contributed by atoms with Crippen molar-refractivity contribution in [3.05, 3.63) is 59.2 Å². The van der Waals surface area contributed by atoms with Crippen molar-refractivity contribution in [3.63, 3.8) is 0 Å². The Kier molecular flexibility index (Phi) is 7.52. The summed E-state index contributed by atoms with van der Waals surface area (Å²) < 4.78 is 38.2. The third-order valence-corrected chi connectivity index (χ3v) is 5.56. The fourth-order valence-corrected chi connectivity index (χ4v) is 3.94. The Balaban J connectivity index is 0.00000256. The molecule has 8 heteroatoms. The van der Waals surface area contributed by atoms with E-state index in [1.165, 1.54) is 24.3 Å². The van der Waals surface area contributed by atoms with Crippen LogP contribution in [0.25, 0.3) is 0 Å². The average Bonchev–Trinajstić information content (AvgIpc) is 2.72. The van der Waals surface area contributed by atoms with Crippen LogP contribution in [0.2, 0.25) is 0 Å². The minimum atomic E-state index is -0.753. The van der Waals surface area contributed by atoms with Gasteiger partial charge in [-0.2, -0.15) is 0 Å². The summed E-state index contributed by atoms with van der Waals surface area (Å²) in [5.74, 6) is 0.624. The lowest BCUT2D eigenvalue weighted by atomic mass is 9.98. The number of halogens is 3. The predicted molar refractivity (Wildman–Crippen MR) is 110 cm³/mol. The van der Waals surface area contributed by atoms with Gasteiger partial charge in [-0.05, 0) is 73.2 Å². The normalized spacial score (nSPS) is 21.9. The molecule has 3 N–H and O–H groups in total. The van der Waals surface area contributed by atoms with Gasteiger partial charge in [0, 0.05) is 13.1 Å². The summed E-state index contributed by atoms with van der Waals surface area (Å²) in [5.41, 5.74) is 1.62. The topological polar surface area (TPSA) is 71.0 Å². The number of aryl methyl sites for hydroxylation is 2. The Bertz CT molecular complexity index is 800. The Morgan fingerprint density at radius 1 is 0.833 bits per heavy atom. The third-order valence-electron chi connectivity index (χ3n) is 5.56. The van der Waals surface area contributed by atoms with Gasteiger partial charge in [0.1, 0.15) is 47.5 Å². The molecule has 2 aromatic rings. The van der Waals surface area contributed by atoms with E-state index in [1.54, 1.807) is 12.1 Å². The Morgan fingerprint density at radius 2 is 1.27 bits per heavy atom. The minimum absolute atomic E-state index is 0. The molecule has 164 valence electrons. The molecule has 0 radical (unpaired) electrons. The molecule has 2 heterocycles. The van der Waals surface area contributed by atoms with Crippen LogP contribution in [0.1, 0.15) is 24.0 Å². The smallest absolute Gasteiger partial charge is 0.126 e. The lowest BCUT2D eigenvalue weighted by Gasteiger charge is -2.31. The molecule has 0 aromatic heterocycles. The number of nitrogens with one attached hydrogen (secondary N) is 1. The SMILES string of the molecule is Cl.O[C@H](CNC[C@@H](O)[C@@H]1CCc2cc(F)ccc2O1)[C@@H]1CCc2cc(F)ccc2O1. The molecule has 0 fully saturated rings. The number of hydrogen-bond acceptors (Lipinski definition) is 5. The molecule has 2 aliphatic heterocycles. The highest BCUT2D eigenvalue weighted by atomic mass is 35.5. The molecule has 0 unspecified atom stereocenters. The molecule has 4 rings (SSSR count). The summed E-state index contributed by atoms with van der Waals surface area (Å²) in [6, 6.07) is 8.79. The van der Waals surface area contributed by atoms with Gasteiger partial charge < -0.3 is 25.0 Å². The maximum absolute atomic E-state index is 13.3. The molecular formula is C22H26ClF2NO4. The number of aliphatic hydroxyl groups excluding tert-OH is 2. The quantitative estimate of drug-likeness (QED) is 0.643. The van der Waals surface area contributed by atoms with Gasteiger partial charge in [0.25, 0.3) is 0 Å². The lowest BCUT2D eigenvalue weighted by Crippen LogP contribution is -2.46. The first-order chi connectivity index (χ1) is 14.0. The fourth-order valence-electron chi connectivity index (χ4n) is 3.94. The molecular weight excluding hydrogens is 416 g/mol. The monoisotopic (exact) mass is 441 g/mol. The molecule has 0 saturated heterocycles. The zero-order valence-electron chi connectivity index (χ0n) is 16.4. The number of benzene rings is 2. The number of fused-ring (bicyclic) bond motifs is 2. The Hall–Kier alpha value is -1.93.